The Morgan fingerprint density at radius 3 is 2.52 bits per heavy atom. The normalized spacial score (nSPS) is 15.6. The standard InChI is InChI=1S/C23H27ClN2O/c1-6-11-26-21-13-22(27-5)17(12-20(21)16(2)14-23(26,3)4)15-25-19-9-7-18(24)8-10-19/h7-10,12-15H,6,11H2,1-5H3. The first-order valence-corrected chi connectivity index (χ1v) is 9.72. The summed E-state index contributed by atoms with van der Waals surface area (Å²) in [6.45, 7) is 9.92. The Bertz CT molecular complexity index is 882. The van der Waals surface area contributed by atoms with Gasteiger partial charge in [-0.15, -0.1) is 0 Å². The molecule has 27 heavy (non-hydrogen) atoms. The average Bonchev–Trinajstić information content (AvgIpc) is 2.63. The smallest absolute Gasteiger partial charge is 0.129 e. The second kappa shape index (κ2) is 7.77. The molecule has 2 aromatic rings. The zero-order valence-electron chi connectivity index (χ0n) is 16.7. The van der Waals surface area contributed by atoms with Crippen LogP contribution < -0.4 is 9.64 Å². The van der Waals surface area contributed by atoms with Crippen LogP contribution in [0.2, 0.25) is 5.02 Å². The maximum Gasteiger partial charge on any atom is 0.129 e. The quantitative estimate of drug-likeness (QED) is 0.550. The molecule has 1 aliphatic heterocycles. The highest BCUT2D eigenvalue weighted by Crippen LogP contribution is 2.42. The van der Waals surface area contributed by atoms with E-state index in [1.54, 1.807) is 7.11 Å². The number of aliphatic imine (C=N–C) groups is 1. The SMILES string of the molecule is CCCN1c2cc(OC)c(C=Nc3ccc(Cl)cc3)cc2C(C)=CC1(C)C. The van der Waals surface area contributed by atoms with Crippen molar-refractivity contribution in [2.24, 2.45) is 4.99 Å². The van der Waals surface area contributed by atoms with Gasteiger partial charge in [0, 0.05) is 40.7 Å². The molecule has 0 fully saturated rings. The molecule has 0 spiro atoms. The van der Waals surface area contributed by atoms with Crippen molar-refractivity contribution in [1.29, 1.82) is 0 Å². The highest BCUT2D eigenvalue weighted by atomic mass is 35.5. The molecule has 0 bridgehead atoms. The van der Waals surface area contributed by atoms with Gasteiger partial charge in [-0.05, 0) is 63.1 Å². The summed E-state index contributed by atoms with van der Waals surface area (Å²) >= 11 is 5.95. The van der Waals surface area contributed by atoms with Crippen LogP contribution in [0, 0.1) is 0 Å². The van der Waals surface area contributed by atoms with Crippen LogP contribution in [0.5, 0.6) is 5.75 Å². The predicted octanol–water partition coefficient (Wildman–Crippen LogP) is 6.51. The highest BCUT2D eigenvalue weighted by molar-refractivity contribution is 6.30. The van der Waals surface area contributed by atoms with Gasteiger partial charge in [0.1, 0.15) is 5.75 Å². The minimum absolute atomic E-state index is 0.0168. The van der Waals surface area contributed by atoms with Crippen molar-refractivity contribution in [1.82, 2.24) is 0 Å². The van der Waals surface area contributed by atoms with Crippen molar-refractivity contribution in [3.63, 3.8) is 0 Å². The molecular weight excluding hydrogens is 356 g/mol. The first-order valence-electron chi connectivity index (χ1n) is 9.35. The van der Waals surface area contributed by atoms with E-state index in [1.807, 2.05) is 30.5 Å². The van der Waals surface area contributed by atoms with Gasteiger partial charge >= 0.3 is 0 Å². The summed E-state index contributed by atoms with van der Waals surface area (Å²) in [6.07, 6.45) is 5.30. The summed E-state index contributed by atoms with van der Waals surface area (Å²) < 4.78 is 5.69. The number of anilines is 1. The van der Waals surface area contributed by atoms with Crippen LogP contribution in [-0.4, -0.2) is 25.4 Å². The van der Waals surface area contributed by atoms with Gasteiger partial charge in [0.05, 0.1) is 18.3 Å². The van der Waals surface area contributed by atoms with Gasteiger partial charge in [-0.2, -0.15) is 0 Å². The second-order valence-electron chi connectivity index (χ2n) is 7.48. The molecule has 0 atom stereocenters. The largest absolute Gasteiger partial charge is 0.496 e. The van der Waals surface area contributed by atoms with E-state index in [-0.39, 0.29) is 5.54 Å². The molecule has 0 radical (unpaired) electrons. The van der Waals surface area contributed by atoms with Gasteiger partial charge in [0.15, 0.2) is 0 Å². The maximum absolute atomic E-state index is 5.95. The van der Waals surface area contributed by atoms with Gasteiger partial charge in [-0.25, -0.2) is 0 Å². The Morgan fingerprint density at radius 2 is 1.89 bits per heavy atom. The van der Waals surface area contributed by atoms with Crippen molar-refractivity contribution >= 4 is 34.8 Å². The third kappa shape index (κ3) is 4.03. The predicted molar refractivity (Wildman–Crippen MR) is 117 cm³/mol. The van der Waals surface area contributed by atoms with E-state index >= 15 is 0 Å². The van der Waals surface area contributed by atoms with E-state index in [2.05, 4.69) is 55.8 Å². The van der Waals surface area contributed by atoms with Crippen molar-refractivity contribution in [3.8, 4) is 5.75 Å². The molecule has 0 saturated carbocycles. The van der Waals surface area contributed by atoms with Crippen molar-refractivity contribution in [2.75, 3.05) is 18.6 Å². The lowest BCUT2D eigenvalue weighted by Crippen LogP contribution is -2.45. The summed E-state index contributed by atoms with van der Waals surface area (Å²) in [5.74, 6) is 0.832. The number of benzene rings is 2. The summed E-state index contributed by atoms with van der Waals surface area (Å²) in [7, 11) is 1.71. The van der Waals surface area contributed by atoms with Crippen molar-refractivity contribution in [3.05, 3.63) is 58.6 Å². The Morgan fingerprint density at radius 1 is 1.19 bits per heavy atom. The molecule has 0 amide bonds. The number of rotatable bonds is 5. The third-order valence-electron chi connectivity index (χ3n) is 4.96. The van der Waals surface area contributed by atoms with E-state index in [9.17, 15) is 0 Å². The van der Waals surface area contributed by atoms with Crippen LogP contribution in [0.15, 0.2) is 47.5 Å². The summed E-state index contributed by atoms with van der Waals surface area (Å²) in [4.78, 5) is 7.04. The highest BCUT2D eigenvalue weighted by Gasteiger charge is 2.31. The van der Waals surface area contributed by atoms with Gasteiger partial charge in [0.2, 0.25) is 0 Å². The van der Waals surface area contributed by atoms with E-state index < -0.39 is 0 Å². The minimum atomic E-state index is -0.0168. The zero-order chi connectivity index (χ0) is 19.6. The summed E-state index contributed by atoms with van der Waals surface area (Å²) in [5.41, 5.74) is 5.56. The van der Waals surface area contributed by atoms with E-state index in [0.29, 0.717) is 5.02 Å². The molecule has 0 unspecified atom stereocenters. The van der Waals surface area contributed by atoms with Crippen LogP contribution in [0.25, 0.3) is 5.57 Å². The molecule has 1 aliphatic rings. The van der Waals surface area contributed by atoms with Gasteiger partial charge < -0.3 is 9.64 Å². The van der Waals surface area contributed by atoms with Crippen LogP contribution in [0.1, 0.15) is 45.2 Å². The fourth-order valence-corrected chi connectivity index (χ4v) is 3.83. The molecule has 0 N–H and O–H groups in total. The van der Waals surface area contributed by atoms with E-state index in [0.717, 1.165) is 30.0 Å². The Kier molecular flexibility index (Phi) is 5.61. The first kappa shape index (κ1) is 19.5. The number of halogens is 1. The minimum Gasteiger partial charge on any atom is -0.496 e. The fourth-order valence-electron chi connectivity index (χ4n) is 3.70. The van der Waals surface area contributed by atoms with Crippen LogP contribution in [0.3, 0.4) is 0 Å². The maximum atomic E-state index is 5.95. The molecule has 0 aromatic heterocycles. The topological polar surface area (TPSA) is 24.8 Å². The number of methoxy groups -OCH3 is 1. The fraction of sp³-hybridized carbons (Fsp3) is 0.348. The average molecular weight is 383 g/mol. The lowest BCUT2D eigenvalue weighted by Gasteiger charge is -2.43. The first-order chi connectivity index (χ1) is 12.9. The van der Waals surface area contributed by atoms with E-state index in [4.69, 9.17) is 16.3 Å². The second-order valence-corrected chi connectivity index (χ2v) is 7.92. The molecule has 0 saturated heterocycles. The molecule has 0 aliphatic carbocycles. The third-order valence-corrected chi connectivity index (χ3v) is 5.21. The molecule has 142 valence electrons. The van der Waals surface area contributed by atoms with Crippen LogP contribution >= 0.6 is 11.6 Å². The number of hydrogen-bond acceptors (Lipinski definition) is 3. The van der Waals surface area contributed by atoms with Crippen LogP contribution in [0.4, 0.5) is 11.4 Å². The van der Waals surface area contributed by atoms with Crippen molar-refractivity contribution < 1.29 is 4.74 Å². The Hall–Kier alpha value is -2.26. The number of nitrogens with zero attached hydrogens (tertiary/aromatic N) is 2. The van der Waals surface area contributed by atoms with Gasteiger partial charge in [0.25, 0.3) is 0 Å². The van der Waals surface area contributed by atoms with Gasteiger partial charge in [-0.1, -0.05) is 24.6 Å². The zero-order valence-corrected chi connectivity index (χ0v) is 17.5. The van der Waals surface area contributed by atoms with E-state index in [1.165, 1.54) is 16.8 Å². The van der Waals surface area contributed by atoms with Crippen molar-refractivity contribution in [2.45, 2.75) is 39.7 Å². The molecular formula is C23H27ClN2O. The number of ether oxygens (including phenoxy) is 1. The molecule has 3 nitrogen and oxygen atoms in total. The summed E-state index contributed by atoms with van der Waals surface area (Å²) in [6, 6.07) is 11.8. The Labute approximate surface area is 167 Å². The Balaban J connectivity index is 2.05. The van der Waals surface area contributed by atoms with Gasteiger partial charge in [-0.3, -0.25) is 4.99 Å². The lowest BCUT2D eigenvalue weighted by atomic mass is 9.87. The lowest BCUT2D eigenvalue weighted by molar-refractivity contribution is 0.413. The van der Waals surface area contributed by atoms with Crippen LogP contribution in [-0.2, 0) is 0 Å². The number of allylic oxidation sites excluding steroid dienone is 1. The number of hydrogen-bond donors (Lipinski definition) is 0. The number of fused-ring (bicyclic) bond motifs is 1. The molecule has 3 rings (SSSR count). The summed E-state index contributed by atoms with van der Waals surface area (Å²) in [5, 5.41) is 0.708. The molecule has 1 heterocycles. The molecule has 2 aromatic carbocycles. The monoisotopic (exact) mass is 382 g/mol. The molecule has 4 heteroatoms.